The third-order valence-corrected chi connectivity index (χ3v) is 3.81. The summed E-state index contributed by atoms with van der Waals surface area (Å²) in [6.45, 7) is 16.3. The van der Waals surface area contributed by atoms with Gasteiger partial charge in [-0.1, -0.05) is 20.4 Å². The van der Waals surface area contributed by atoms with E-state index in [1.165, 1.54) is 0 Å². The minimum absolute atomic E-state index is 0.0785. The van der Waals surface area contributed by atoms with Crippen molar-refractivity contribution in [1.82, 2.24) is 10.2 Å². The van der Waals surface area contributed by atoms with E-state index in [-0.39, 0.29) is 11.5 Å². The van der Waals surface area contributed by atoms with Crippen LogP contribution < -0.4 is 5.32 Å². The Bertz CT molecular complexity index is 360. The van der Waals surface area contributed by atoms with E-state index in [0.29, 0.717) is 0 Å². The molecule has 20 heavy (non-hydrogen) atoms. The van der Waals surface area contributed by atoms with Crippen molar-refractivity contribution in [3.63, 3.8) is 0 Å². The summed E-state index contributed by atoms with van der Waals surface area (Å²) in [5.74, 6) is 0. The minimum atomic E-state index is -0.424. The number of ether oxygens (including phenoxy) is 1. The second-order valence-electron chi connectivity index (χ2n) is 6.44. The van der Waals surface area contributed by atoms with Crippen LogP contribution in [0.2, 0.25) is 0 Å². The minimum Gasteiger partial charge on any atom is -0.444 e. The molecule has 1 spiro atoms. The van der Waals surface area contributed by atoms with Crippen molar-refractivity contribution >= 4 is 6.09 Å². The van der Waals surface area contributed by atoms with Crippen molar-refractivity contribution in [3.8, 4) is 0 Å². The molecule has 0 radical (unpaired) electrons. The van der Waals surface area contributed by atoms with Gasteiger partial charge in [0.1, 0.15) is 5.60 Å². The molecule has 2 saturated heterocycles. The second-order valence-corrected chi connectivity index (χ2v) is 6.44. The molecule has 0 aromatic heterocycles. The lowest BCUT2D eigenvalue weighted by atomic mass is 9.77. The summed E-state index contributed by atoms with van der Waals surface area (Å²) in [5, 5.41) is 3.31. The molecular weight excluding hydrogens is 252 g/mol. The maximum absolute atomic E-state index is 12.1. The SMILES string of the molecule is C=C1NCCC12CCCN(C(=O)OC(C)(C)C)C2.CC. The Labute approximate surface area is 123 Å². The molecule has 0 saturated carbocycles. The maximum Gasteiger partial charge on any atom is 0.410 e. The van der Waals surface area contributed by atoms with Crippen LogP contribution in [-0.2, 0) is 4.74 Å². The molecule has 2 fully saturated rings. The van der Waals surface area contributed by atoms with Crippen molar-refractivity contribution < 1.29 is 9.53 Å². The van der Waals surface area contributed by atoms with Crippen LogP contribution in [0.15, 0.2) is 12.3 Å². The smallest absolute Gasteiger partial charge is 0.410 e. The number of piperidine rings is 1. The Morgan fingerprint density at radius 3 is 2.50 bits per heavy atom. The van der Waals surface area contributed by atoms with Gasteiger partial charge < -0.3 is 15.0 Å². The predicted molar refractivity (Wildman–Crippen MR) is 82.6 cm³/mol. The van der Waals surface area contributed by atoms with E-state index in [0.717, 1.165) is 44.6 Å². The lowest BCUT2D eigenvalue weighted by molar-refractivity contribution is 0.00989. The first-order valence-corrected chi connectivity index (χ1v) is 7.74. The van der Waals surface area contributed by atoms with E-state index in [1.54, 1.807) is 0 Å². The third-order valence-electron chi connectivity index (χ3n) is 3.81. The molecular formula is C16H30N2O2. The monoisotopic (exact) mass is 282 g/mol. The number of nitrogens with one attached hydrogen (secondary N) is 1. The van der Waals surface area contributed by atoms with Gasteiger partial charge >= 0.3 is 6.09 Å². The number of hydrogen-bond acceptors (Lipinski definition) is 3. The molecule has 2 aliphatic rings. The molecule has 0 aromatic rings. The lowest BCUT2D eigenvalue weighted by Gasteiger charge is -2.40. The zero-order valence-electron chi connectivity index (χ0n) is 13.7. The van der Waals surface area contributed by atoms with E-state index in [1.807, 2.05) is 39.5 Å². The molecule has 0 aliphatic carbocycles. The first-order chi connectivity index (χ1) is 9.32. The van der Waals surface area contributed by atoms with Crippen molar-refractivity contribution in [2.45, 2.75) is 59.5 Å². The van der Waals surface area contributed by atoms with E-state index < -0.39 is 5.60 Å². The van der Waals surface area contributed by atoms with Crippen LogP contribution in [0.4, 0.5) is 4.79 Å². The van der Waals surface area contributed by atoms with Crippen LogP contribution in [0, 0.1) is 5.41 Å². The van der Waals surface area contributed by atoms with Crippen LogP contribution in [0.25, 0.3) is 0 Å². The van der Waals surface area contributed by atoms with Crippen molar-refractivity contribution in [3.05, 3.63) is 12.3 Å². The van der Waals surface area contributed by atoms with Crippen LogP contribution in [0.1, 0.15) is 53.9 Å². The fraction of sp³-hybridized carbons (Fsp3) is 0.812. The highest BCUT2D eigenvalue weighted by atomic mass is 16.6. The summed E-state index contributed by atoms with van der Waals surface area (Å²) in [7, 11) is 0. The van der Waals surface area contributed by atoms with Crippen LogP contribution in [0.5, 0.6) is 0 Å². The number of likely N-dealkylation sites (tertiary alicyclic amines) is 1. The zero-order valence-corrected chi connectivity index (χ0v) is 13.7. The summed E-state index contributed by atoms with van der Waals surface area (Å²) in [6.07, 6.45) is 3.03. The molecule has 2 rings (SSSR count). The van der Waals surface area contributed by atoms with Gasteiger partial charge in [-0.25, -0.2) is 4.79 Å². The number of rotatable bonds is 0. The van der Waals surface area contributed by atoms with Crippen LogP contribution >= 0.6 is 0 Å². The molecule has 2 heterocycles. The summed E-state index contributed by atoms with van der Waals surface area (Å²) in [5.41, 5.74) is 0.748. The molecule has 0 bridgehead atoms. The lowest BCUT2D eigenvalue weighted by Crippen LogP contribution is -2.47. The predicted octanol–water partition coefficient (Wildman–Crippen LogP) is 3.54. The first kappa shape index (κ1) is 16.9. The van der Waals surface area contributed by atoms with Crippen LogP contribution in [-0.4, -0.2) is 36.2 Å². The normalized spacial score (nSPS) is 25.9. The van der Waals surface area contributed by atoms with Gasteiger partial charge in [0.2, 0.25) is 0 Å². The molecule has 116 valence electrons. The van der Waals surface area contributed by atoms with Gasteiger partial charge in [-0.2, -0.15) is 0 Å². The van der Waals surface area contributed by atoms with E-state index in [4.69, 9.17) is 4.74 Å². The molecule has 1 atom stereocenters. The molecule has 2 aliphatic heterocycles. The Morgan fingerprint density at radius 2 is 2.00 bits per heavy atom. The van der Waals surface area contributed by atoms with Gasteiger partial charge in [0.15, 0.2) is 0 Å². The van der Waals surface area contributed by atoms with E-state index >= 15 is 0 Å². The summed E-state index contributed by atoms with van der Waals surface area (Å²) >= 11 is 0. The number of carbonyl (C=O) groups excluding carboxylic acids is 1. The molecule has 4 heteroatoms. The Hall–Kier alpha value is -1.19. The quantitative estimate of drug-likeness (QED) is 0.739. The summed E-state index contributed by atoms with van der Waals surface area (Å²) in [6, 6.07) is 0. The molecule has 1 unspecified atom stereocenters. The topological polar surface area (TPSA) is 41.6 Å². The summed E-state index contributed by atoms with van der Waals surface area (Å²) in [4.78, 5) is 14.0. The van der Waals surface area contributed by atoms with Gasteiger partial charge in [0.05, 0.1) is 0 Å². The van der Waals surface area contributed by atoms with Crippen molar-refractivity contribution in [1.29, 1.82) is 0 Å². The van der Waals surface area contributed by atoms with Gasteiger partial charge in [0.25, 0.3) is 0 Å². The van der Waals surface area contributed by atoms with Gasteiger partial charge in [-0.3, -0.25) is 0 Å². The zero-order chi connectivity index (χ0) is 15.4. The van der Waals surface area contributed by atoms with Gasteiger partial charge in [-0.15, -0.1) is 0 Å². The molecule has 4 nitrogen and oxygen atoms in total. The van der Waals surface area contributed by atoms with Gasteiger partial charge in [-0.05, 0) is 40.0 Å². The second kappa shape index (κ2) is 6.51. The van der Waals surface area contributed by atoms with E-state index in [9.17, 15) is 4.79 Å². The highest BCUT2D eigenvalue weighted by molar-refractivity contribution is 5.68. The number of nitrogens with zero attached hydrogens (tertiary/aromatic N) is 1. The highest BCUT2D eigenvalue weighted by Gasteiger charge is 2.43. The highest BCUT2D eigenvalue weighted by Crippen LogP contribution is 2.41. The average Bonchev–Trinajstić information content (AvgIpc) is 2.71. The van der Waals surface area contributed by atoms with Crippen LogP contribution in [0.3, 0.4) is 0 Å². The Balaban J connectivity index is 0.000000956. The fourth-order valence-corrected chi connectivity index (χ4v) is 2.86. The average molecular weight is 282 g/mol. The first-order valence-electron chi connectivity index (χ1n) is 7.74. The van der Waals surface area contributed by atoms with Gasteiger partial charge in [0, 0.05) is 30.7 Å². The summed E-state index contributed by atoms with van der Waals surface area (Å²) < 4.78 is 5.45. The maximum atomic E-state index is 12.1. The van der Waals surface area contributed by atoms with Crippen molar-refractivity contribution in [2.75, 3.05) is 19.6 Å². The Morgan fingerprint density at radius 1 is 1.35 bits per heavy atom. The standard InChI is InChI=1S/C14H24N2O2.C2H6/c1-11-14(7-8-15-11)6-5-9-16(10-14)12(17)18-13(2,3)4;1-2/h15H,1,5-10H2,2-4H3;1-2H3. The molecule has 1 N–H and O–H groups in total. The number of carbonyl (C=O) groups is 1. The Kier molecular flexibility index (Phi) is 5.49. The van der Waals surface area contributed by atoms with E-state index in [2.05, 4.69) is 11.9 Å². The number of hydrogen-bond donors (Lipinski definition) is 1. The van der Waals surface area contributed by atoms with Crippen molar-refractivity contribution in [2.24, 2.45) is 5.41 Å². The molecule has 1 amide bonds. The third kappa shape index (κ3) is 3.90. The molecule has 0 aromatic carbocycles. The fourth-order valence-electron chi connectivity index (χ4n) is 2.86. The largest absolute Gasteiger partial charge is 0.444 e. The number of amides is 1.